The van der Waals surface area contributed by atoms with Crippen molar-refractivity contribution in [1.29, 1.82) is 0 Å². The quantitative estimate of drug-likeness (QED) is 0.585. The van der Waals surface area contributed by atoms with Gasteiger partial charge in [-0.05, 0) is 36.2 Å². The molecule has 110 valence electrons. The van der Waals surface area contributed by atoms with Crippen molar-refractivity contribution in [2.45, 2.75) is 19.8 Å². The molecule has 4 rings (SSSR count). The summed E-state index contributed by atoms with van der Waals surface area (Å²) in [4.78, 5) is 7.63. The molecule has 0 aliphatic carbocycles. The molecule has 0 fully saturated rings. The van der Waals surface area contributed by atoms with E-state index in [2.05, 4.69) is 41.0 Å². The van der Waals surface area contributed by atoms with E-state index in [0.29, 0.717) is 5.92 Å². The van der Waals surface area contributed by atoms with Gasteiger partial charge in [0.25, 0.3) is 0 Å². The van der Waals surface area contributed by atoms with E-state index < -0.39 is 0 Å². The summed E-state index contributed by atoms with van der Waals surface area (Å²) in [5, 5.41) is 6.05. The molecular weight excluding hydrogens is 296 g/mol. The van der Waals surface area contributed by atoms with Crippen molar-refractivity contribution in [2.24, 2.45) is 0 Å². The van der Waals surface area contributed by atoms with Gasteiger partial charge in [-0.2, -0.15) is 5.10 Å². The van der Waals surface area contributed by atoms with Gasteiger partial charge < -0.3 is 4.98 Å². The third-order valence-electron chi connectivity index (χ3n) is 3.94. The third kappa shape index (κ3) is 2.07. The molecule has 4 aromatic rings. The van der Waals surface area contributed by atoms with Gasteiger partial charge in [0.2, 0.25) is 0 Å². The van der Waals surface area contributed by atoms with Crippen LogP contribution in [-0.2, 0) is 0 Å². The minimum absolute atomic E-state index is 0.459. The summed E-state index contributed by atoms with van der Waals surface area (Å²) in [7, 11) is 0. The van der Waals surface area contributed by atoms with Crippen LogP contribution in [0, 0.1) is 0 Å². The largest absolute Gasteiger partial charge is 0.358 e. The van der Waals surface area contributed by atoms with Crippen LogP contribution >= 0.6 is 11.6 Å². The number of nitrogens with one attached hydrogen (secondary N) is 1. The Bertz CT molecular complexity index is 981. The first-order valence-corrected chi connectivity index (χ1v) is 7.61. The van der Waals surface area contributed by atoms with Gasteiger partial charge in [0.1, 0.15) is 6.33 Å². The summed E-state index contributed by atoms with van der Waals surface area (Å²) in [6.45, 7) is 4.34. The second kappa shape index (κ2) is 4.85. The standard InChI is InChI=1S/C17H15ClN4/c1-10(2)15-6-12-5-14(18)13(7-16(12)21-15)11-3-4-17-19-9-20-22(17)8-11/h3-10,21H,1-2H3. The van der Waals surface area contributed by atoms with Crippen LogP contribution in [0.3, 0.4) is 0 Å². The van der Waals surface area contributed by atoms with Crippen molar-refractivity contribution in [3.8, 4) is 11.1 Å². The van der Waals surface area contributed by atoms with E-state index in [9.17, 15) is 0 Å². The molecule has 1 N–H and O–H groups in total. The number of aromatic amines is 1. The van der Waals surface area contributed by atoms with Gasteiger partial charge in [0.15, 0.2) is 5.65 Å². The molecule has 0 radical (unpaired) electrons. The zero-order chi connectivity index (χ0) is 15.3. The maximum atomic E-state index is 6.49. The highest BCUT2D eigenvalue weighted by Crippen LogP contribution is 2.33. The highest BCUT2D eigenvalue weighted by atomic mass is 35.5. The summed E-state index contributed by atoms with van der Waals surface area (Å²) in [6.07, 6.45) is 3.49. The molecule has 0 atom stereocenters. The topological polar surface area (TPSA) is 46.0 Å². The molecule has 0 saturated carbocycles. The maximum Gasteiger partial charge on any atom is 0.155 e. The molecule has 0 spiro atoms. The number of nitrogens with zero attached hydrogens (tertiary/aromatic N) is 3. The van der Waals surface area contributed by atoms with E-state index in [1.54, 1.807) is 10.8 Å². The first-order chi connectivity index (χ1) is 10.6. The number of hydrogen-bond acceptors (Lipinski definition) is 2. The summed E-state index contributed by atoms with van der Waals surface area (Å²) in [5.74, 6) is 0.459. The number of hydrogen-bond donors (Lipinski definition) is 1. The zero-order valence-electron chi connectivity index (χ0n) is 12.3. The van der Waals surface area contributed by atoms with Crippen molar-refractivity contribution in [3.63, 3.8) is 0 Å². The molecule has 4 nitrogen and oxygen atoms in total. The van der Waals surface area contributed by atoms with E-state index in [0.717, 1.165) is 32.7 Å². The van der Waals surface area contributed by atoms with Crippen LogP contribution < -0.4 is 0 Å². The Morgan fingerprint density at radius 3 is 2.86 bits per heavy atom. The first-order valence-electron chi connectivity index (χ1n) is 7.24. The van der Waals surface area contributed by atoms with Crippen molar-refractivity contribution in [2.75, 3.05) is 0 Å². The second-order valence-electron chi connectivity index (χ2n) is 5.78. The molecule has 0 aliphatic rings. The lowest BCUT2D eigenvalue weighted by atomic mass is 10.1. The average molecular weight is 311 g/mol. The molecule has 1 aromatic carbocycles. The minimum atomic E-state index is 0.459. The van der Waals surface area contributed by atoms with Crippen LogP contribution in [0.15, 0.2) is 42.9 Å². The van der Waals surface area contributed by atoms with Gasteiger partial charge in [0, 0.05) is 38.9 Å². The number of benzene rings is 1. The molecule has 3 aromatic heterocycles. The average Bonchev–Trinajstić information content (AvgIpc) is 3.11. The van der Waals surface area contributed by atoms with Crippen molar-refractivity contribution >= 4 is 28.2 Å². The van der Waals surface area contributed by atoms with Gasteiger partial charge in [-0.15, -0.1) is 0 Å². The molecule has 0 amide bonds. The Balaban J connectivity index is 1.91. The van der Waals surface area contributed by atoms with Crippen LogP contribution in [-0.4, -0.2) is 19.6 Å². The van der Waals surface area contributed by atoms with Crippen molar-refractivity contribution in [3.05, 3.63) is 53.6 Å². The Morgan fingerprint density at radius 2 is 2.05 bits per heavy atom. The SMILES string of the molecule is CC(C)c1cc2cc(Cl)c(-c3ccc4ncnn4c3)cc2[nH]1. The van der Waals surface area contributed by atoms with Crippen molar-refractivity contribution in [1.82, 2.24) is 19.6 Å². The smallest absolute Gasteiger partial charge is 0.155 e. The summed E-state index contributed by atoms with van der Waals surface area (Å²) in [6, 6.07) is 10.2. The number of aromatic nitrogens is 4. The van der Waals surface area contributed by atoms with Crippen LogP contribution in [0.4, 0.5) is 0 Å². The predicted octanol–water partition coefficient (Wildman–Crippen LogP) is 4.65. The van der Waals surface area contributed by atoms with Crippen molar-refractivity contribution < 1.29 is 0 Å². The molecule has 0 unspecified atom stereocenters. The molecular formula is C17H15ClN4. The highest BCUT2D eigenvalue weighted by Gasteiger charge is 2.10. The summed E-state index contributed by atoms with van der Waals surface area (Å²) < 4.78 is 1.75. The Hall–Kier alpha value is -2.33. The van der Waals surface area contributed by atoms with E-state index in [4.69, 9.17) is 11.6 Å². The minimum Gasteiger partial charge on any atom is -0.358 e. The highest BCUT2D eigenvalue weighted by molar-refractivity contribution is 6.34. The zero-order valence-corrected chi connectivity index (χ0v) is 13.1. The van der Waals surface area contributed by atoms with E-state index in [1.165, 1.54) is 5.69 Å². The summed E-state index contributed by atoms with van der Waals surface area (Å²) in [5.41, 5.74) is 5.15. The predicted molar refractivity (Wildman–Crippen MR) is 89.4 cm³/mol. The molecule has 22 heavy (non-hydrogen) atoms. The number of rotatable bonds is 2. The van der Waals surface area contributed by atoms with Crippen LogP contribution in [0.25, 0.3) is 27.7 Å². The van der Waals surface area contributed by atoms with Crippen LogP contribution in [0.1, 0.15) is 25.5 Å². The third-order valence-corrected chi connectivity index (χ3v) is 4.25. The van der Waals surface area contributed by atoms with E-state index in [1.807, 2.05) is 24.4 Å². The van der Waals surface area contributed by atoms with Gasteiger partial charge in [-0.25, -0.2) is 9.50 Å². The Morgan fingerprint density at radius 1 is 1.18 bits per heavy atom. The Labute approximate surface area is 132 Å². The Kier molecular flexibility index (Phi) is 2.94. The van der Waals surface area contributed by atoms with Gasteiger partial charge in [-0.1, -0.05) is 25.4 Å². The lowest BCUT2D eigenvalue weighted by Crippen LogP contribution is -1.89. The second-order valence-corrected chi connectivity index (χ2v) is 6.19. The molecule has 0 bridgehead atoms. The number of H-pyrrole nitrogens is 1. The van der Waals surface area contributed by atoms with Crippen LogP contribution in [0.5, 0.6) is 0 Å². The molecule has 3 heterocycles. The number of halogens is 1. The number of pyridine rings is 1. The fourth-order valence-corrected chi connectivity index (χ4v) is 2.97. The fourth-order valence-electron chi connectivity index (χ4n) is 2.68. The van der Waals surface area contributed by atoms with E-state index in [-0.39, 0.29) is 0 Å². The van der Waals surface area contributed by atoms with Gasteiger partial charge >= 0.3 is 0 Å². The normalized spacial score (nSPS) is 11.8. The lowest BCUT2D eigenvalue weighted by molar-refractivity contribution is 0.836. The lowest BCUT2D eigenvalue weighted by Gasteiger charge is -2.05. The fraction of sp³-hybridized carbons (Fsp3) is 0.176. The maximum absolute atomic E-state index is 6.49. The molecule has 5 heteroatoms. The van der Waals surface area contributed by atoms with Gasteiger partial charge in [-0.3, -0.25) is 0 Å². The molecule has 0 saturated heterocycles. The monoisotopic (exact) mass is 310 g/mol. The number of fused-ring (bicyclic) bond motifs is 2. The molecule has 0 aliphatic heterocycles. The van der Waals surface area contributed by atoms with E-state index >= 15 is 0 Å². The van der Waals surface area contributed by atoms with Crippen LogP contribution in [0.2, 0.25) is 5.02 Å². The summed E-state index contributed by atoms with van der Waals surface area (Å²) >= 11 is 6.49. The first kappa shape index (κ1) is 13.3. The van der Waals surface area contributed by atoms with Gasteiger partial charge in [0.05, 0.1) is 0 Å².